The highest BCUT2D eigenvalue weighted by Crippen LogP contribution is 2.24. The summed E-state index contributed by atoms with van der Waals surface area (Å²) in [6, 6.07) is 4.95. The summed E-state index contributed by atoms with van der Waals surface area (Å²) in [6.07, 6.45) is 2.67. The summed E-state index contributed by atoms with van der Waals surface area (Å²) in [6.45, 7) is 0.412. The molecule has 0 aromatic heterocycles. The second kappa shape index (κ2) is 8.30. The summed E-state index contributed by atoms with van der Waals surface area (Å²) < 4.78 is 5.07. The monoisotopic (exact) mass is 302 g/mol. The first-order chi connectivity index (χ1) is 9.08. The Morgan fingerprint density at radius 1 is 1.58 bits per heavy atom. The fraction of sp³-hybridized carbons (Fsp3) is 0.462. The Hall–Kier alpha value is -0.910. The molecular formula is C13H19ClN2O2S. The molecule has 0 radical (unpaired) electrons. The number of hydrogen-bond donors (Lipinski definition) is 2. The van der Waals surface area contributed by atoms with Gasteiger partial charge in [0, 0.05) is 6.54 Å². The molecule has 0 fully saturated rings. The standard InChI is InChI=1S/C13H19ClN2O2S/c1-18-12-4-3-9(7-10(12)14)8-16-13(17)11(15)5-6-19-2/h3-4,7,11H,5-6,8,15H2,1-2H3,(H,16,17)/t11-/m0/s1. The van der Waals surface area contributed by atoms with E-state index in [0.717, 1.165) is 11.3 Å². The summed E-state index contributed by atoms with van der Waals surface area (Å²) in [4.78, 5) is 11.7. The second-order valence-electron chi connectivity index (χ2n) is 4.07. The number of thioether (sulfide) groups is 1. The SMILES string of the molecule is COc1ccc(CNC(=O)[C@@H](N)CCSC)cc1Cl. The molecule has 1 aromatic rings. The molecule has 1 aromatic carbocycles. The molecule has 0 heterocycles. The molecule has 4 nitrogen and oxygen atoms in total. The van der Waals surface area contributed by atoms with Crippen molar-refractivity contribution in [3.8, 4) is 5.75 Å². The van der Waals surface area contributed by atoms with E-state index in [2.05, 4.69) is 5.32 Å². The lowest BCUT2D eigenvalue weighted by Crippen LogP contribution is -2.40. The van der Waals surface area contributed by atoms with E-state index in [1.54, 1.807) is 31.0 Å². The Morgan fingerprint density at radius 3 is 2.89 bits per heavy atom. The highest BCUT2D eigenvalue weighted by atomic mass is 35.5. The summed E-state index contributed by atoms with van der Waals surface area (Å²) in [7, 11) is 1.56. The lowest BCUT2D eigenvalue weighted by molar-refractivity contribution is -0.122. The Morgan fingerprint density at radius 2 is 2.32 bits per heavy atom. The number of nitrogens with two attached hydrogens (primary N) is 1. The molecule has 0 aliphatic heterocycles. The van der Waals surface area contributed by atoms with Gasteiger partial charge >= 0.3 is 0 Å². The van der Waals surface area contributed by atoms with Gasteiger partial charge in [-0.1, -0.05) is 17.7 Å². The maximum atomic E-state index is 11.7. The topological polar surface area (TPSA) is 64.3 Å². The van der Waals surface area contributed by atoms with Crippen LogP contribution in [0.1, 0.15) is 12.0 Å². The lowest BCUT2D eigenvalue weighted by Gasteiger charge is -2.12. The van der Waals surface area contributed by atoms with Crippen molar-refractivity contribution in [1.82, 2.24) is 5.32 Å². The van der Waals surface area contributed by atoms with Gasteiger partial charge in [0.25, 0.3) is 0 Å². The number of carbonyl (C=O) groups excluding carboxylic acids is 1. The van der Waals surface area contributed by atoms with E-state index in [4.69, 9.17) is 22.1 Å². The summed E-state index contributed by atoms with van der Waals surface area (Å²) in [5.41, 5.74) is 6.68. The fourth-order valence-corrected chi connectivity index (χ4v) is 2.29. The fourth-order valence-electron chi connectivity index (χ4n) is 1.52. The molecule has 6 heteroatoms. The van der Waals surface area contributed by atoms with Crippen molar-refractivity contribution < 1.29 is 9.53 Å². The predicted octanol–water partition coefficient (Wildman–Crippen LogP) is 2.05. The van der Waals surface area contributed by atoms with Gasteiger partial charge in [-0.05, 0) is 36.1 Å². The molecule has 3 N–H and O–H groups in total. The largest absolute Gasteiger partial charge is 0.495 e. The zero-order valence-corrected chi connectivity index (χ0v) is 12.7. The lowest BCUT2D eigenvalue weighted by atomic mass is 10.2. The number of carbonyl (C=O) groups is 1. The van der Waals surface area contributed by atoms with Crippen LogP contribution in [0.4, 0.5) is 0 Å². The van der Waals surface area contributed by atoms with Gasteiger partial charge in [-0.15, -0.1) is 0 Å². The average molecular weight is 303 g/mol. The normalized spacial score (nSPS) is 12.0. The van der Waals surface area contributed by atoms with Crippen LogP contribution < -0.4 is 15.8 Å². The van der Waals surface area contributed by atoms with Gasteiger partial charge in [-0.3, -0.25) is 4.79 Å². The Balaban J connectivity index is 2.48. The quantitative estimate of drug-likeness (QED) is 0.809. The Labute approximate surface area is 123 Å². The molecule has 1 amide bonds. The van der Waals surface area contributed by atoms with E-state index in [1.165, 1.54) is 0 Å². The number of ether oxygens (including phenoxy) is 1. The van der Waals surface area contributed by atoms with Gasteiger partial charge in [0.1, 0.15) is 5.75 Å². The van der Waals surface area contributed by atoms with Crippen molar-refractivity contribution in [3.05, 3.63) is 28.8 Å². The number of nitrogens with one attached hydrogen (secondary N) is 1. The minimum absolute atomic E-state index is 0.138. The van der Waals surface area contributed by atoms with Crippen molar-refractivity contribution in [3.63, 3.8) is 0 Å². The van der Waals surface area contributed by atoms with Gasteiger partial charge in [0.2, 0.25) is 5.91 Å². The molecule has 106 valence electrons. The molecule has 0 saturated carbocycles. The minimum Gasteiger partial charge on any atom is -0.495 e. The van der Waals surface area contributed by atoms with Crippen molar-refractivity contribution in [1.29, 1.82) is 0 Å². The van der Waals surface area contributed by atoms with Crippen LogP contribution in [-0.4, -0.2) is 31.1 Å². The highest BCUT2D eigenvalue weighted by molar-refractivity contribution is 7.98. The van der Waals surface area contributed by atoms with Gasteiger partial charge < -0.3 is 15.8 Å². The van der Waals surface area contributed by atoms with Crippen LogP contribution in [-0.2, 0) is 11.3 Å². The first-order valence-electron chi connectivity index (χ1n) is 5.93. The summed E-state index contributed by atoms with van der Waals surface area (Å²) in [5.74, 6) is 1.36. The van der Waals surface area contributed by atoms with E-state index < -0.39 is 6.04 Å². The van der Waals surface area contributed by atoms with E-state index in [1.807, 2.05) is 12.3 Å². The maximum absolute atomic E-state index is 11.7. The van der Waals surface area contributed by atoms with Gasteiger partial charge in [0.15, 0.2) is 0 Å². The first kappa shape index (κ1) is 16.1. The minimum atomic E-state index is -0.457. The average Bonchev–Trinajstić information content (AvgIpc) is 2.42. The third-order valence-electron chi connectivity index (χ3n) is 2.65. The smallest absolute Gasteiger partial charge is 0.237 e. The van der Waals surface area contributed by atoms with E-state index in [9.17, 15) is 4.79 Å². The van der Waals surface area contributed by atoms with Crippen LogP contribution in [0, 0.1) is 0 Å². The van der Waals surface area contributed by atoms with Crippen LogP contribution in [0.5, 0.6) is 5.75 Å². The van der Waals surface area contributed by atoms with Gasteiger partial charge in [-0.2, -0.15) is 11.8 Å². The number of benzene rings is 1. The van der Waals surface area contributed by atoms with Crippen LogP contribution in [0.3, 0.4) is 0 Å². The molecule has 1 atom stereocenters. The molecular weight excluding hydrogens is 284 g/mol. The highest BCUT2D eigenvalue weighted by Gasteiger charge is 2.12. The molecule has 0 unspecified atom stereocenters. The maximum Gasteiger partial charge on any atom is 0.237 e. The third-order valence-corrected chi connectivity index (χ3v) is 3.59. The third kappa shape index (κ3) is 5.30. The Bertz CT molecular complexity index is 429. The number of halogens is 1. The molecule has 0 spiro atoms. The van der Waals surface area contributed by atoms with Crippen molar-refractivity contribution >= 4 is 29.3 Å². The zero-order valence-electron chi connectivity index (χ0n) is 11.1. The van der Waals surface area contributed by atoms with Crippen LogP contribution in [0.15, 0.2) is 18.2 Å². The predicted molar refractivity (Wildman–Crippen MR) is 80.8 cm³/mol. The van der Waals surface area contributed by atoms with E-state index in [0.29, 0.717) is 23.7 Å². The van der Waals surface area contributed by atoms with Crippen molar-refractivity contribution in [2.24, 2.45) is 5.73 Å². The number of hydrogen-bond acceptors (Lipinski definition) is 4. The molecule has 0 bridgehead atoms. The van der Waals surface area contributed by atoms with Gasteiger partial charge in [-0.25, -0.2) is 0 Å². The summed E-state index contributed by atoms with van der Waals surface area (Å²) in [5, 5.41) is 3.33. The molecule has 19 heavy (non-hydrogen) atoms. The van der Waals surface area contributed by atoms with E-state index >= 15 is 0 Å². The van der Waals surface area contributed by atoms with Crippen molar-refractivity contribution in [2.45, 2.75) is 19.0 Å². The summed E-state index contributed by atoms with van der Waals surface area (Å²) >= 11 is 7.69. The number of amides is 1. The second-order valence-corrected chi connectivity index (χ2v) is 5.47. The molecule has 0 saturated heterocycles. The first-order valence-corrected chi connectivity index (χ1v) is 7.70. The van der Waals surface area contributed by atoms with E-state index in [-0.39, 0.29) is 5.91 Å². The molecule has 0 aliphatic rings. The molecule has 0 aliphatic carbocycles. The van der Waals surface area contributed by atoms with Crippen LogP contribution >= 0.6 is 23.4 Å². The number of methoxy groups -OCH3 is 1. The van der Waals surface area contributed by atoms with Crippen LogP contribution in [0.25, 0.3) is 0 Å². The zero-order chi connectivity index (χ0) is 14.3. The number of rotatable bonds is 7. The van der Waals surface area contributed by atoms with Gasteiger partial charge in [0.05, 0.1) is 18.2 Å². The molecule has 1 rings (SSSR count). The Kier molecular flexibility index (Phi) is 7.05. The van der Waals surface area contributed by atoms with Crippen LogP contribution in [0.2, 0.25) is 5.02 Å². The van der Waals surface area contributed by atoms with Crippen molar-refractivity contribution in [2.75, 3.05) is 19.1 Å².